The molecule has 1 amide bonds. The molecule has 0 aliphatic heterocycles. The number of amides is 1. The summed E-state index contributed by atoms with van der Waals surface area (Å²) in [7, 11) is 0. The van der Waals surface area contributed by atoms with Crippen molar-refractivity contribution in [2.45, 2.75) is 6.92 Å². The predicted molar refractivity (Wildman–Crippen MR) is 96.7 cm³/mol. The van der Waals surface area contributed by atoms with Crippen molar-refractivity contribution in [2.75, 3.05) is 5.32 Å². The molecule has 2 aromatic carbocycles. The number of hydrogen-bond donors (Lipinski definition) is 1. The van der Waals surface area contributed by atoms with E-state index in [1.807, 2.05) is 42.6 Å². The average molecular weight is 363 g/mol. The molecule has 3 nitrogen and oxygen atoms in total. The summed E-state index contributed by atoms with van der Waals surface area (Å²) in [5, 5.41) is 6.46. The van der Waals surface area contributed by atoms with E-state index in [0.29, 0.717) is 20.7 Å². The van der Waals surface area contributed by atoms with Crippen LogP contribution in [0.3, 0.4) is 0 Å². The number of aryl methyl sites for hydroxylation is 1. The number of halogens is 2. The maximum atomic E-state index is 12.2. The molecule has 1 aromatic heterocycles. The van der Waals surface area contributed by atoms with E-state index >= 15 is 0 Å². The smallest absolute Gasteiger partial charge is 0.257 e. The first-order valence-electron chi connectivity index (χ1n) is 6.82. The third kappa shape index (κ3) is 3.72. The normalized spacial score (nSPS) is 10.6. The fourth-order valence-corrected chi connectivity index (χ4v) is 3.01. The SMILES string of the molecule is Cc1ccc(C(=O)Nc2nc(-c3ccc(Cl)cc3)cs2)cc1Cl. The Bertz CT molecular complexity index is 859. The minimum atomic E-state index is -0.232. The average Bonchev–Trinajstić information content (AvgIpc) is 2.99. The van der Waals surface area contributed by atoms with Crippen molar-refractivity contribution in [1.29, 1.82) is 0 Å². The van der Waals surface area contributed by atoms with Crippen LogP contribution in [0, 0.1) is 6.92 Å². The van der Waals surface area contributed by atoms with Gasteiger partial charge in [-0.3, -0.25) is 10.1 Å². The monoisotopic (exact) mass is 362 g/mol. The maximum absolute atomic E-state index is 12.2. The minimum Gasteiger partial charge on any atom is -0.298 e. The second kappa shape index (κ2) is 6.71. The number of thiazole rings is 1. The Kier molecular flexibility index (Phi) is 4.66. The highest BCUT2D eigenvalue weighted by atomic mass is 35.5. The largest absolute Gasteiger partial charge is 0.298 e. The Labute approximate surface area is 147 Å². The predicted octanol–water partition coefficient (Wildman–Crippen LogP) is 5.68. The van der Waals surface area contributed by atoms with Gasteiger partial charge < -0.3 is 0 Å². The van der Waals surface area contributed by atoms with Crippen LogP contribution in [0.5, 0.6) is 0 Å². The standard InChI is InChI=1S/C17H12Cl2N2OS/c1-10-2-3-12(8-14(10)19)16(22)21-17-20-15(9-23-17)11-4-6-13(18)7-5-11/h2-9H,1H3,(H,20,21,22). The third-order valence-corrected chi connectivity index (χ3v) is 4.72. The molecule has 0 radical (unpaired) electrons. The van der Waals surface area contributed by atoms with Crippen molar-refractivity contribution in [1.82, 2.24) is 4.98 Å². The van der Waals surface area contributed by atoms with Gasteiger partial charge in [0.15, 0.2) is 5.13 Å². The lowest BCUT2D eigenvalue weighted by atomic mass is 10.1. The van der Waals surface area contributed by atoms with E-state index < -0.39 is 0 Å². The molecular weight excluding hydrogens is 351 g/mol. The number of nitrogens with one attached hydrogen (secondary N) is 1. The minimum absolute atomic E-state index is 0.232. The zero-order chi connectivity index (χ0) is 16.4. The maximum Gasteiger partial charge on any atom is 0.257 e. The molecule has 0 aliphatic rings. The molecule has 0 saturated heterocycles. The molecule has 0 atom stereocenters. The summed E-state index contributed by atoms with van der Waals surface area (Å²) < 4.78 is 0. The van der Waals surface area contributed by atoms with Crippen molar-refractivity contribution < 1.29 is 4.79 Å². The fourth-order valence-electron chi connectivity index (χ4n) is 1.99. The fraction of sp³-hybridized carbons (Fsp3) is 0.0588. The van der Waals surface area contributed by atoms with Gasteiger partial charge in [0.25, 0.3) is 5.91 Å². The molecule has 0 unspecified atom stereocenters. The van der Waals surface area contributed by atoms with Gasteiger partial charge in [0.1, 0.15) is 0 Å². The number of anilines is 1. The molecular formula is C17H12Cl2N2OS. The highest BCUT2D eigenvalue weighted by molar-refractivity contribution is 7.14. The molecule has 0 aliphatic carbocycles. The lowest BCUT2D eigenvalue weighted by Crippen LogP contribution is -2.11. The molecule has 0 fully saturated rings. The summed E-state index contributed by atoms with van der Waals surface area (Å²) in [5.41, 5.74) is 3.18. The van der Waals surface area contributed by atoms with E-state index in [9.17, 15) is 4.79 Å². The van der Waals surface area contributed by atoms with Gasteiger partial charge in [-0.1, -0.05) is 41.4 Å². The molecule has 23 heavy (non-hydrogen) atoms. The van der Waals surface area contributed by atoms with E-state index in [0.717, 1.165) is 16.8 Å². The van der Waals surface area contributed by atoms with Gasteiger partial charge in [-0.15, -0.1) is 11.3 Å². The first-order chi connectivity index (χ1) is 11.0. The molecule has 0 bridgehead atoms. The number of rotatable bonds is 3. The summed E-state index contributed by atoms with van der Waals surface area (Å²) in [6.07, 6.45) is 0. The molecule has 3 aromatic rings. The highest BCUT2D eigenvalue weighted by Crippen LogP contribution is 2.26. The topological polar surface area (TPSA) is 42.0 Å². The van der Waals surface area contributed by atoms with Gasteiger partial charge >= 0.3 is 0 Å². The second-order valence-corrected chi connectivity index (χ2v) is 6.66. The second-order valence-electron chi connectivity index (χ2n) is 4.96. The summed E-state index contributed by atoms with van der Waals surface area (Å²) in [6, 6.07) is 12.6. The van der Waals surface area contributed by atoms with E-state index in [1.165, 1.54) is 11.3 Å². The van der Waals surface area contributed by atoms with Crippen LogP contribution >= 0.6 is 34.5 Å². The molecule has 0 spiro atoms. The van der Waals surface area contributed by atoms with Crippen LogP contribution in [-0.2, 0) is 0 Å². The zero-order valence-electron chi connectivity index (χ0n) is 12.1. The van der Waals surface area contributed by atoms with Crippen molar-refractivity contribution in [3.05, 3.63) is 69.0 Å². The summed E-state index contributed by atoms with van der Waals surface area (Å²) in [4.78, 5) is 16.7. The Hall–Kier alpha value is -1.88. The van der Waals surface area contributed by atoms with E-state index in [2.05, 4.69) is 10.3 Å². The van der Waals surface area contributed by atoms with Crippen LogP contribution in [-0.4, -0.2) is 10.9 Å². The highest BCUT2D eigenvalue weighted by Gasteiger charge is 2.11. The number of carbonyl (C=O) groups excluding carboxylic acids is 1. The Morgan fingerprint density at radius 3 is 2.57 bits per heavy atom. The van der Waals surface area contributed by atoms with Gasteiger partial charge in [0.2, 0.25) is 0 Å². The van der Waals surface area contributed by atoms with Crippen LogP contribution < -0.4 is 5.32 Å². The number of hydrogen-bond acceptors (Lipinski definition) is 3. The number of aromatic nitrogens is 1. The van der Waals surface area contributed by atoms with Crippen molar-refractivity contribution >= 4 is 45.6 Å². The lowest BCUT2D eigenvalue weighted by molar-refractivity contribution is 0.102. The van der Waals surface area contributed by atoms with Crippen LogP contribution in [0.15, 0.2) is 47.8 Å². The molecule has 1 heterocycles. The molecule has 3 rings (SSSR count). The van der Waals surface area contributed by atoms with Crippen molar-refractivity contribution in [3.63, 3.8) is 0 Å². The van der Waals surface area contributed by atoms with E-state index in [4.69, 9.17) is 23.2 Å². The molecule has 6 heteroatoms. The Morgan fingerprint density at radius 1 is 1.13 bits per heavy atom. The van der Waals surface area contributed by atoms with Crippen molar-refractivity contribution in [2.24, 2.45) is 0 Å². The Morgan fingerprint density at radius 2 is 1.87 bits per heavy atom. The number of nitrogens with zero attached hydrogens (tertiary/aromatic N) is 1. The molecule has 0 saturated carbocycles. The van der Waals surface area contributed by atoms with Gasteiger partial charge in [0, 0.05) is 26.6 Å². The summed E-state index contributed by atoms with van der Waals surface area (Å²) >= 11 is 13.3. The van der Waals surface area contributed by atoms with Crippen LogP contribution in [0.1, 0.15) is 15.9 Å². The lowest BCUT2D eigenvalue weighted by Gasteiger charge is -2.04. The number of benzene rings is 2. The Balaban J connectivity index is 1.77. The molecule has 1 N–H and O–H groups in total. The van der Waals surface area contributed by atoms with Gasteiger partial charge in [-0.2, -0.15) is 0 Å². The quantitative estimate of drug-likeness (QED) is 0.651. The molecule has 116 valence electrons. The summed E-state index contributed by atoms with van der Waals surface area (Å²) in [6.45, 7) is 1.89. The first-order valence-corrected chi connectivity index (χ1v) is 8.45. The third-order valence-electron chi connectivity index (χ3n) is 3.30. The van der Waals surface area contributed by atoms with Crippen LogP contribution in [0.4, 0.5) is 5.13 Å². The van der Waals surface area contributed by atoms with Crippen molar-refractivity contribution in [3.8, 4) is 11.3 Å². The van der Waals surface area contributed by atoms with E-state index in [-0.39, 0.29) is 5.91 Å². The van der Waals surface area contributed by atoms with Crippen LogP contribution in [0.2, 0.25) is 10.0 Å². The van der Waals surface area contributed by atoms with Gasteiger partial charge in [-0.05, 0) is 36.8 Å². The van der Waals surface area contributed by atoms with Crippen LogP contribution in [0.25, 0.3) is 11.3 Å². The van der Waals surface area contributed by atoms with E-state index in [1.54, 1.807) is 12.1 Å². The number of carbonyl (C=O) groups is 1. The summed E-state index contributed by atoms with van der Waals surface area (Å²) in [5.74, 6) is -0.232. The first kappa shape index (κ1) is 16.0. The zero-order valence-corrected chi connectivity index (χ0v) is 14.5. The van der Waals surface area contributed by atoms with Gasteiger partial charge in [-0.25, -0.2) is 4.98 Å². The van der Waals surface area contributed by atoms with Gasteiger partial charge in [0.05, 0.1) is 5.69 Å².